The van der Waals surface area contributed by atoms with Crippen molar-refractivity contribution in [2.75, 3.05) is 26.2 Å². The van der Waals surface area contributed by atoms with Gasteiger partial charge in [0.15, 0.2) is 0 Å². The van der Waals surface area contributed by atoms with Crippen LogP contribution >= 0.6 is 0 Å². The van der Waals surface area contributed by atoms with Gasteiger partial charge in [0.05, 0.1) is 6.04 Å². The molecule has 2 nitrogen and oxygen atoms in total. The van der Waals surface area contributed by atoms with Crippen LogP contribution in [0.5, 0.6) is 0 Å². The van der Waals surface area contributed by atoms with E-state index in [0.717, 1.165) is 26.2 Å². The molecule has 1 aliphatic rings. The first-order valence-electron chi connectivity index (χ1n) is 9.73. The second-order valence-corrected chi connectivity index (χ2v) is 7.51. The zero-order valence-corrected chi connectivity index (χ0v) is 15.8. The normalized spacial score (nSPS) is 17.2. The fourth-order valence-corrected chi connectivity index (χ4v) is 4.14. The van der Waals surface area contributed by atoms with E-state index >= 15 is 0 Å². The van der Waals surface area contributed by atoms with Gasteiger partial charge in [0.1, 0.15) is 0 Å². The van der Waals surface area contributed by atoms with Gasteiger partial charge < -0.3 is 5.32 Å². The monoisotopic (exact) mass is 344 g/mol. The lowest BCUT2D eigenvalue weighted by Gasteiger charge is -2.32. The van der Waals surface area contributed by atoms with Gasteiger partial charge >= 0.3 is 0 Å². The molecule has 1 unspecified atom stereocenters. The lowest BCUT2D eigenvalue weighted by molar-refractivity contribution is 0.240. The van der Waals surface area contributed by atoms with Crippen molar-refractivity contribution in [3.05, 3.63) is 82.9 Å². The standard InChI is InChI=1S/C24H28N2/c1-18-8-9-19(2)23(16-18)24(26-14-5-12-25-13-15-26)22-11-10-20-6-3-4-7-21(20)17-22/h3-4,6-11,16-17,24-25H,5,12-15H2,1-2H3. The first kappa shape index (κ1) is 17.3. The van der Waals surface area contributed by atoms with Gasteiger partial charge in [-0.15, -0.1) is 0 Å². The van der Waals surface area contributed by atoms with Crippen LogP contribution in [0.25, 0.3) is 10.8 Å². The average Bonchev–Trinajstić information content (AvgIpc) is 2.94. The second-order valence-electron chi connectivity index (χ2n) is 7.51. The number of hydrogen-bond acceptors (Lipinski definition) is 2. The second kappa shape index (κ2) is 7.61. The number of benzene rings is 3. The number of aryl methyl sites for hydroxylation is 2. The van der Waals surface area contributed by atoms with Crippen LogP contribution in [0, 0.1) is 13.8 Å². The summed E-state index contributed by atoms with van der Waals surface area (Å²) in [6, 6.07) is 22.9. The maximum Gasteiger partial charge on any atom is 0.0605 e. The molecule has 0 aromatic heterocycles. The Kier molecular flexibility index (Phi) is 5.05. The third kappa shape index (κ3) is 3.53. The molecular weight excluding hydrogens is 316 g/mol. The molecule has 134 valence electrons. The minimum absolute atomic E-state index is 0.319. The van der Waals surface area contributed by atoms with Crippen LogP contribution in [-0.2, 0) is 0 Å². The van der Waals surface area contributed by atoms with Gasteiger partial charge in [-0.2, -0.15) is 0 Å². The number of fused-ring (bicyclic) bond motifs is 1. The van der Waals surface area contributed by atoms with Gasteiger partial charge in [-0.3, -0.25) is 4.90 Å². The number of nitrogens with zero attached hydrogens (tertiary/aromatic N) is 1. The Morgan fingerprint density at radius 3 is 2.58 bits per heavy atom. The van der Waals surface area contributed by atoms with Crippen molar-refractivity contribution >= 4 is 10.8 Å². The molecule has 4 rings (SSSR count). The molecule has 3 aromatic rings. The van der Waals surface area contributed by atoms with Crippen LogP contribution in [-0.4, -0.2) is 31.1 Å². The molecule has 1 atom stereocenters. The van der Waals surface area contributed by atoms with E-state index < -0.39 is 0 Å². The third-order valence-electron chi connectivity index (χ3n) is 5.56. The third-order valence-corrected chi connectivity index (χ3v) is 5.56. The van der Waals surface area contributed by atoms with E-state index in [-0.39, 0.29) is 0 Å². The molecule has 2 heteroatoms. The van der Waals surface area contributed by atoms with Gasteiger partial charge in [-0.05, 0) is 60.3 Å². The summed E-state index contributed by atoms with van der Waals surface area (Å²) in [6.45, 7) is 8.86. The van der Waals surface area contributed by atoms with Crippen LogP contribution in [0.15, 0.2) is 60.7 Å². The first-order chi connectivity index (χ1) is 12.7. The van der Waals surface area contributed by atoms with Gasteiger partial charge in [-0.25, -0.2) is 0 Å². The van der Waals surface area contributed by atoms with Crippen molar-refractivity contribution in [2.24, 2.45) is 0 Å². The summed E-state index contributed by atoms with van der Waals surface area (Å²) in [5, 5.41) is 6.19. The van der Waals surface area contributed by atoms with Crippen molar-refractivity contribution in [3.63, 3.8) is 0 Å². The predicted molar refractivity (Wildman–Crippen MR) is 111 cm³/mol. The Morgan fingerprint density at radius 2 is 1.69 bits per heavy atom. The van der Waals surface area contributed by atoms with Gasteiger partial charge in [0.25, 0.3) is 0 Å². The number of hydrogen-bond donors (Lipinski definition) is 1. The maximum absolute atomic E-state index is 3.55. The van der Waals surface area contributed by atoms with Crippen molar-refractivity contribution in [1.82, 2.24) is 10.2 Å². The van der Waals surface area contributed by atoms with E-state index in [1.807, 2.05) is 0 Å². The van der Waals surface area contributed by atoms with Crippen molar-refractivity contribution in [3.8, 4) is 0 Å². The largest absolute Gasteiger partial charge is 0.315 e. The molecule has 1 saturated heterocycles. The summed E-state index contributed by atoms with van der Waals surface area (Å²) in [5.41, 5.74) is 5.57. The minimum atomic E-state index is 0.319. The van der Waals surface area contributed by atoms with Crippen LogP contribution in [0.1, 0.15) is 34.7 Å². The maximum atomic E-state index is 3.55. The lowest BCUT2D eigenvalue weighted by atomic mass is 9.91. The molecule has 0 bridgehead atoms. The van der Waals surface area contributed by atoms with Gasteiger partial charge in [-0.1, -0.05) is 60.2 Å². The van der Waals surface area contributed by atoms with E-state index in [9.17, 15) is 0 Å². The van der Waals surface area contributed by atoms with Crippen LogP contribution in [0.2, 0.25) is 0 Å². The molecule has 1 N–H and O–H groups in total. The van der Waals surface area contributed by atoms with Gasteiger partial charge in [0.2, 0.25) is 0 Å². The quantitative estimate of drug-likeness (QED) is 0.731. The van der Waals surface area contributed by atoms with Crippen LogP contribution < -0.4 is 5.32 Å². The fraction of sp³-hybridized carbons (Fsp3) is 0.333. The summed E-state index contributed by atoms with van der Waals surface area (Å²) >= 11 is 0. The Hall–Kier alpha value is -2.16. The van der Waals surface area contributed by atoms with E-state index in [1.54, 1.807) is 0 Å². The van der Waals surface area contributed by atoms with Crippen LogP contribution in [0.3, 0.4) is 0 Å². The summed E-state index contributed by atoms with van der Waals surface area (Å²) in [7, 11) is 0. The van der Waals surface area contributed by atoms with E-state index in [2.05, 4.69) is 84.7 Å². The molecule has 26 heavy (non-hydrogen) atoms. The molecule has 0 spiro atoms. The highest BCUT2D eigenvalue weighted by Crippen LogP contribution is 2.33. The predicted octanol–water partition coefficient (Wildman–Crippen LogP) is 4.84. The van der Waals surface area contributed by atoms with Crippen molar-refractivity contribution in [1.29, 1.82) is 0 Å². The molecule has 0 radical (unpaired) electrons. The summed E-state index contributed by atoms with van der Waals surface area (Å²) in [5.74, 6) is 0. The smallest absolute Gasteiger partial charge is 0.0605 e. The highest BCUT2D eigenvalue weighted by molar-refractivity contribution is 5.83. The Balaban J connectivity index is 1.84. The molecule has 1 fully saturated rings. The molecule has 0 aliphatic carbocycles. The zero-order valence-electron chi connectivity index (χ0n) is 15.8. The molecule has 0 saturated carbocycles. The van der Waals surface area contributed by atoms with E-state index in [4.69, 9.17) is 0 Å². The average molecular weight is 345 g/mol. The first-order valence-corrected chi connectivity index (χ1v) is 9.73. The highest BCUT2D eigenvalue weighted by atomic mass is 15.2. The molecular formula is C24H28N2. The lowest BCUT2D eigenvalue weighted by Crippen LogP contribution is -2.33. The highest BCUT2D eigenvalue weighted by Gasteiger charge is 2.24. The molecule has 0 amide bonds. The van der Waals surface area contributed by atoms with E-state index in [1.165, 1.54) is 39.4 Å². The molecule has 1 heterocycles. The molecule has 3 aromatic carbocycles. The SMILES string of the molecule is Cc1ccc(C)c(C(c2ccc3ccccc3c2)N2CCCNCC2)c1. The summed E-state index contributed by atoms with van der Waals surface area (Å²) < 4.78 is 0. The summed E-state index contributed by atoms with van der Waals surface area (Å²) in [4.78, 5) is 2.66. The zero-order chi connectivity index (χ0) is 17.9. The van der Waals surface area contributed by atoms with Crippen molar-refractivity contribution < 1.29 is 0 Å². The number of nitrogens with one attached hydrogen (secondary N) is 1. The minimum Gasteiger partial charge on any atom is -0.315 e. The van der Waals surface area contributed by atoms with E-state index in [0.29, 0.717) is 6.04 Å². The van der Waals surface area contributed by atoms with Crippen LogP contribution in [0.4, 0.5) is 0 Å². The Morgan fingerprint density at radius 1 is 0.846 bits per heavy atom. The van der Waals surface area contributed by atoms with Gasteiger partial charge in [0, 0.05) is 19.6 Å². The Labute approximate surface area is 156 Å². The van der Waals surface area contributed by atoms with Crippen molar-refractivity contribution in [2.45, 2.75) is 26.3 Å². The molecule has 1 aliphatic heterocycles. The Bertz CT molecular complexity index is 892. The number of rotatable bonds is 3. The fourth-order valence-electron chi connectivity index (χ4n) is 4.14. The topological polar surface area (TPSA) is 15.3 Å². The summed E-state index contributed by atoms with van der Waals surface area (Å²) in [6.07, 6.45) is 1.20.